The van der Waals surface area contributed by atoms with Gasteiger partial charge in [0.05, 0.1) is 0 Å². The van der Waals surface area contributed by atoms with Crippen molar-refractivity contribution in [3.05, 3.63) is 35.9 Å². The fraction of sp³-hybridized carbons (Fsp3) is 0.769. The van der Waals surface area contributed by atoms with Crippen LogP contribution in [0.5, 0.6) is 0 Å². The van der Waals surface area contributed by atoms with Crippen molar-refractivity contribution in [2.75, 3.05) is 5.88 Å². The number of hydrogen-bond acceptors (Lipinski definition) is 0. The van der Waals surface area contributed by atoms with Gasteiger partial charge in [-0.05, 0) is 30.2 Å². The zero-order chi connectivity index (χ0) is 19.6. The molecule has 1 rings (SSSR count). The van der Waals surface area contributed by atoms with Crippen LogP contribution in [0.15, 0.2) is 30.3 Å². The van der Waals surface area contributed by atoms with Crippen molar-refractivity contribution < 1.29 is 0 Å². The number of rotatable bonds is 18. The summed E-state index contributed by atoms with van der Waals surface area (Å²) in [6.07, 6.45) is 22.1. The van der Waals surface area contributed by atoms with E-state index in [1.54, 1.807) is 0 Å². The van der Waals surface area contributed by atoms with Gasteiger partial charge in [0, 0.05) is 5.88 Å². The summed E-state index contributed by atoms with van der Waals surface area (Å²) in [5.41, 5.74) is 1.98. The zero-order valence-corrected chi connectivity index (χ0v) is 19.0. The molecule has 0 saturated carbocycles. The van der Waals surface area contributed by atoms with E-state index in [2.05, 4.69) is 44.2 Å². The van der Waals surface area contributed by atoms with E-state index >= 15 is 0 Å². The number of unbranched alkanes of at least 4 members (excludes halogenated alkanes) is 12. The van der Waals surface area contributed by atoms with E-state index in [0.717, 1.165) is 5.88 Å². The summed E-state index contributed by atoms with van der Waals surface area (Å²) in [5.74, 6) is 0.838. The van der Waals surface area contributed by atoms with E-state index < -0.39 is 0 Å². The van der Waals surface area contributed by atoms with Crippen molar-refractivity contribution >= 4 is 11.6 Å². The first-order valence-electron chi connectivity index (χ1n) is 11.8. The highest BCUT2D eigenvalue weighted by Crippen LogP contribution is 2.32. The second kappa shape index (κ2) is 16.5. The van der Waals surface area contributed by atoms with Gasteiger partial charge in [0.2, 0.25) is 0 Å². The maximum Gasteiger partial charge on any atom is 0.0223 e. The maximum atomic E-state index is 5.71. The highest BCUT2D eigenvalue weighted by atomic mass is 35.5. The van der Waals surface area contributed by atoms with Gasteiger partial charge in [-0.1, -0.05) is 128 Å². The van der Waals surface area contributed by atoms with Crippen LogP contribution in [-0.4, -0.2) is 5.88 Å². The fourth-order valence-corrected chi connectivity index (χ4v) is 4.26. The van der Waals surface area contributed by atoms with Gasteiger partial charge in [-0.25, -0.2) is 0 Å². The Labute approximate surface area is 175 Å². The monoisotopic (exact) mass is 392 g/mol. The first-order chi connectivity index (χ1) is 13.2. The minimum absolute atomic E-state index is 0.477. The molecule has 27 heavy (non-hydrogen) atoms. The van der Waals surface area contributed by atoms with Crippen molar-refractivity contribution in [2.24, 2.45) is 5.41 Å². The molecule has 0 saturated heterocycles. The van der Waals surface area contributed by atoms with Crippen molar-refractivity contribution in [3.8, 4) is 0 Å². The molecular formula is C26H45Cl. The van der Waals surface area contributed by atoms with Crippen LogP contribution < -0.4 is 0 Å². The molecule has 0 aliphatic carbocycles. The molecule has 0 aliphatic rings. The molecule has 1 atom stereocenters. The molecule has 0 aliphatic heterocycles. The minimum atomic E-state index is 0.477. The van der Waals surface area contributed by atoms with Gasteiger partial charge in [-0.3, -0.25) is 0 Å². The summed E-state index contributed by atoms with van der Waals surface area (Å²) in [6.45, 7) is 4.84. The van der Waals surface area contributed by atoms with Crippen LogP contribution in [0.1, 0.15) is 116 Å². The van der Waals surface area contributed by atoms with E-state index in [-0.39, 0.29) is 0 Å². The second-order valence-corrected chi connectivity index (χ2v) is 9.24. The lowest BCUT2D eigenvalue weighted by molar-refractivity contribution is 0.270. The van der Waals surface area contributed by atoms with E-state index in [4.69, 9.17) is 11.6 Å². The molecular weight excluding hydrogens is 348 g/mol. The van der Waals surface area contributed by atoms with Crippen molar-refractivity contribution in [2.45, 2.75) is 117 Å². The van der Waals surface area contributed by atoms with Crippen LogP contribution in [0.2, 0.25) is 0 Å². The molecule has 0 heterocycles. The highest BCUT2D eigenvalue weighted by molar-refractivity contribution is 6.17. The second-order valence-electron chi connectivity index (χ2n) is 8.86. The van der Waals surface area contributed by atoms with E-state index in [1.165, 1.54) is 108 Å². The topological polar surface area (TPSA) is 0 Å². The number of halogens is 1. The molecule has 0 fully saturated rings. The third-order valence-corrected chi connectivity index (χ3v) is 6.51. The van der Waals surface area contributed by atoms with Crippen LogP contribution in [0, 0.1) is 5.41 Å². The van der Waals surface area contributed by atoms with Crippen LogP contribution in [0.25, 0.3) is 0 Å². The summed E-state index contributed by atoms with van der Waals surface area (Å²) in [7, 11) is 0. The molecule has 1 aromatic rings. The molecule has 0 spiro atoms. The van der Waals surface area contributed by atoms with Gasteiger partial charge in [-0.15, -0.1) is 11.6 Å². The summed E-state index contributed by atoms with van der Waals surface area (Å²) in [4.78, 5) is 0. The molecule has 156 valence electrons. The molecule has 0 bridgehead atoms. The summed E-state index contributed by atoms with van der Waals surface area (Å²) in [5, 5.41) is 0. The highest BCUT2D eigenvalue weighted by Gasteiger charge is 2.21. The Bertz CT molecular complexity index is 427. The van der Waals surface area contributed by atoms with E-state index in [1.807, 2.05) is 0 Å². The largest absolute Gasteiger partial charge is 0.127 e. The average Bonchev–Trinajstić information content (AvgIpc) is 2.69. The van der Waals surface area contributed by atoms with Gasteiger partial charge >= 0.3 is 0 Å². The smallest absolute Gasteiger partial charge is 0.0223 e. The standard InChI is InChI=1S/C26H45Cl/c1-3-26(2,24-25-20-16-15-17-21-25)22-18-13-11-9-7-5-4-6-8-10-12-14-19-23-27/h15-17,20-21H,3-14,18-19,22-24H2,1-2H3. The molecule has 0 radical (unpaired) electrons. The van der Waals surface area contributed by atoms with Crippen LogP contribution in [-0.2, 0) is 6.42 Å². The van der Waals surface area contributed by atoms with Gasteiger partial charge in [0.15, 0.2) is 0 Å². The van der Waals surface area contributed by atoms with Crippen LogP contribution in [0.3, 0.4) is 0 Å². The maximum absolute atomic E-state index is 5.71. The Kier molecular flexibility index (Phi) is 15.0. The van der Waals surface area contributed by atoms with Gasteiger partial charge in [-0.2, -0.15) is 0 Å². The quantitative estimate of drug-likeness (QED) is 0.172. The normalized spacial score (nSPS) is 13.6. The first kappa shape index (κ1) is 24.5. The Morgan fingerprint density at radius 1 is 0.667 bits per heavy atom. The SMILES string of the molecule is CCC(C)(CCCCCCCCCCCCCCCCl)Cc1ccccc1. The lowest BCUT2D eigenvalue weighted by Gasteiger charge is -2.28. The van der Waals surface area contributed by atoms with Gasteiger partial charge in [0.1, 0.15) is 0 Å². The minimum Gasteiger partial charge on any atom is -0.127 e. The lowest BCUT2D eigenvalue weighted by atomic mass is 9.77. The predicted molar refractivity (Wildman–Crippen MR) is 124 cm³/mol. The average molecular weight is 393 g/mol. The Hall–Kier alpha value is -0.490. The van der Waals surface area contributed by atoms with Crippen LogP contribution >= 0.6 is 11.6 Å². The van der Waals surface area contributed by atoms with Gasteiger partial charge in [0.25, 0.3) is 0 Å². The van der Waals surface area contributed by atoms with Crippen molar-refractivity contribution in [3.63, 3.8) is 0 Å². The first-order valence-corrected chi connectivity index (χ1v) is 12.3. The fourth-order valence-electron chi connectivity index (χ4n) is 4.07. The van der Waals surface area contributed by atoms with Crippen molar-refractivity contribution in [1.82, 2.24) is 0 Å². The lowest BCUT2D eigenvalue weighted by Crippen LogP contribution is -2.18. The Balaban J connectivity index is 1.94. The third kappa shape index (κ3) is 13.3. The van der Waals surface area contributed by atoms with Gasteiger partial charge < -0.3 is 0 Å². The molecule has 0 nitrogen and oxygen atoms in total. The predicted octanol–water partition coefficient (Wildman–Crippen LogP) is 9.35. The number of benzene rings is 1. The number of hydrogen-bond donors (Lipinski definition) is 0. The third-order valence-electron chi connectivity index (χ3n) is 6.24. The molecule has 0 aromatic heterocycles. The summed E-state index contributed by atoms with van der Waals surface area (Å²) < 4.78 is 0. The molecule has 1 unspecified atom stereocenters. The summed E-state index contributed by atoms with van der Waals surface area (Å²) >= 11 is 5.71. The van der Waals surface area contributed by atoms with E-state index in [9.17, 15) is 0 Å². The molecule has 0 amide bonds. The zero-order valence-electron chi connectivity index (χ0n) is 18.3. The molecule has 1 heteroatoms. The van der Waals surface area contributed by atoms with Crippen LogP contribution in [0.4, 0.5) is 0 Å². The van der Waals surface area contributed by atoms with Crippen molar-refractivity contribution in [1.29, 1.82) is 0 Å². The van der Waals surface area contributed by atoms with E-state index in [0.29, 0.717) is 5.41 Å². The summed E-state index contributed by atoms with van der Waals surface area (Å²) in [6, 6.07) is 11.0. The molecule has 1 aromatic carbocycles. The Morgan fingerprint density at radius 2 is 1.11 bits per heavy atom. The molecule has 0 N–H and O–H groups in total. The number of alkyl halides is 1. The Morgan fingerprint density at radius 3 is 1.56 bits per heavy atom.